The molecule has 0 atom stereocenters. The van der Waals surface area contributed by atoms with Gasteiger partial charge in [0, 0.05) is 6.54 Å². The van der Waals surface area contributed by atoms with Crippen LogP contribution in [0.2, 0.25) is 0 Å². The first kappa shape index (κ1) is 12.6. The lowest BCUT2D eigenvalue weighted by Gasteiger charge is -2.19. The summed E-state index contributed by atoms with van der Waals surface area (Å²) < 4.78 is 0. The number of aryl methyl sites for hydroxylation is 1. The Labute approximate surface area is 96.5 Å². The molecule has 16 heavy (non-hydrogen) atoms. The lowest BCUT2D eigenvalue weighted by Crippen LogP contribution is -2.32. The number of carbonyl (C=O) groups excluding carboxylic acids is 1. The number of hydrogen-bond acceptors (Lipinski definition) is 2. The van der Waals surface area contributed by atoms with Gasteiger partial charge in [-0.2, -0.15) is 0 Å². The molecule has 3 nitrogen and oxygen atoms in total. The molecule has 1 amide bonds. The minimum atomic E-state index is -0.226. The molecular formula is C13H19NO2. The number of carbonyl (C=O) groups is 1. The number of amides is 1. The summed E-state index contributed by atoms with van der Waals surface area (Å²) in [5, 5.41) is 12.4. The predicted molar refractivity (Wildman–Crippen MR) is 64.6 cm³/mol. The van der Waals surface area contributed by atoms with Crippen LogP contribution in [0.3, 0.4) is 0 Å². The Kier molecular flexibility index (Phi) is 3.58. The van der Waals surface area contributed by atoms with Crippen LogP contribution in [0.25, 0.3) is 0 Å². The maximum absolute atomic E-state index is 11.8. The minimum Gasteiger partial charge on any atom is -0.507 e. The number of benzene rings is 1. The number of hydrogen-bond donors (Lipinski definition) is 2. The van der Waals surface area contributed by atoms with Crippen LogP contribution in [0.4, 0.5) is 0 Å². The van der Waals surface area contributed by atoms with Gasteiger partial charge in [0.25, 0.3) is 5.91 Å². The fraction of sp³-hybridized carbons (Fsp3) is 0.462. The van der Waals surface area contributed by atoms with Crippen molar-refractivity contribution in [2.75, 3.05) is 6.54 Å². The zero-order valence-corrected chi connectivity index (χ0v) is 10.3. The van der Waals surface area contributed by atoms with Crippen LogP contribution < -0.4 is 5.32 Å². The SMILES string of the molecule is Cc1ccc(O)c(C(=O)NCC(C)(C)C)c1. The number of nitrogens with one attached hydrogen (secondary N) is 1. The number of rotatable bonds is 2. The average Bonchev–Trinajstić information content (AvgIpc) is 2.17. The Morgan fingerprint density at radius 3 is 2.56 bits per heavy atom. The summed E-state index contributed by atoms with van der Waals surface area (Å²) in [6.07, 6.45) is 0. The molecule has 88 valence electrons. The van der Waals surface area contributed by atoms with Gasteiger partial charge in [-0.3, -0.25) is 4.79 Å². The van der Waals surface area contributed by atoms with Crippen LogP contribution in [-0.2, 0) is 0 Å². The van der Waals surface area contributed by atoms with Crippen molar-refractivity contribution in [2.45, 2.75) is 27.7 Å². The van der Waals surface area contributed by atoms with E-state index >= 15 is 0 Å². The van der Waals surface area contributed by atoms with Gasteiger partial charge in [-0.15, -0.1) is 0 Å². The third kappa shape index (κ3) is 3.57. The molecule has 0 spiro atoms. The van der Waals surface area contributed by atoms with Gasteiger partial charge in [-0.25, -0.2) is 0 Å². The zero-order valence-electron chi connectivity index (χ0n) is 10.3. The summed E-state index contributed by atoms with van der Waals surface area (Å²) in [5.41, 5.74) is 1.33. The highest BCUT2D eigenvalue weighted by Gasteiger charge is 2.15. The molecule has 2 N–H and O–H groups in total. The van der Waals surface area contributed by atoms with Crippen LogP contribution in [-0.4, -0.2) is 17.6 Å². The van der Waals surface area contributed by atoms with E-state index in [4.69, 9.17) is 0 Å². The smallest absolute Gasteiger partial charge is 0.255 e. The first-order chi connectivity index (χ1) is 7.29. The Bertz CT molecular complexity index is 391. The second-order valence-corrected chi connectivity index (χ2v) is 5.26. The molecule has 1 rings (SSSR count). The molecule has 0 aliphatic heterocycles. The van der Waals surface area contributed by atoms with E-state index in [0.717, 1.165) is 5.56 Å². The topological polar surface area (TPSA) is 49.3 Å². The molecule has 0 aliphatic carbocycles. The second kappa shape index (κ2) is 4.56. The number of aromatic hydroxyl groups is 1. The molecule has 0 heterocycles. The number of phenolic OH excluding ortho intramolecular Hbond substituents is 1. The third-order valence-electron chi connectivity index (χ3n) is 2.18. The van der Waals surface area contributed by atoms with Crippen molar-refractivity contribution in [3.63, 3.8) is 0 Å². The third-order valence-corrected chi connectivity index (χ3v) is 2.18. The van der Waals surface area contributed by atoms with Crippen molar-refractivity contribution in [2.24, 2.45) is 5.41 Å². The monoisotopic (exact) mass is 221 g/mol. The standard InChI is InChI=1S/C13H19NO2/c1-9-5-6-11(15)10(7-9)12(16)14-8-13(2,3)4/h5-7,15H,8H2,1-4H3,(H,14,16). The van der Waals surface area contributed by atoms with Gasteiger partial charge in [0.15, 0.2) is 0 Å². The van der Waals surface area contributed by atoms with Crippen molar-refractivity contribution in [1.29, 1.82) is 0 Å². The first-order valence-corrected chi connectivity index (χ1v) is 5.37. The molecule has 3 heteroatoms. The average molecular weight is 221 g/mol. The van der Waals surface area contributed by atoms with Crippen molar-refractivity contribution in [3.05, 3.63) is 29.3 Å². The van der Waals surface area contributed by atoms with Crippen LogP contribution in [0.5, 0.6) is 5.75 Å². The molecule has 0 aromatic heterocycles. The van der Waals surface area contributed by atoms with Crippen molar-refractivity contribution >= 4 is 5.91 Å². The van der Waals surface area contributed by atoms with E-state index in [2.05, 4.69) is 5.32 Å². The van der Waals surface area contributed by atoms with Crippen molar-refractivity contribution in [3.8, 4) is 5.75 Å². The fourth-order valence-corrected chi connectivity index (χ4v) is 1.27. The van der Waals surface area contributed by atoms with Gasteiger partial charge in [-0.05, 0) is 24.5 Å². The van der Waals surface area contributed by atoms with Crippen molar-refractivity contribution in [1.82, 2.24) is 5.32 Å². The zero-order chi connectivity index (χ0) is 12.3. The van der Waals surface area contributed by atoms with Crippen LogP contribution in [0.1, 0.15) is 36.7 Å². The van der Waals surface area contributed by atoms with E-state index in [0.29, 0.717) is 12.1 Å². The largest absolute Gasteiger partial charge is 0.507 e. The lowest BCUT2D eigenvalue weighted by molar-refractivity contribution is 0.0936. The molecule has 0 saturated heterocycles. The van der Waals surface area contributed by atoms with E-state index in [1.165, 1.54) is 0 Å². The summed E-state index contributed by atoms with van der Waals surface area (Å²) in [6.45, 7) is 8.61. The fourth-order valence-electron chi connectivity index (χ4n) is 1.27. The van der Waals surface area contributed by atoms with Crippen molar-refractivity contribution < 1.29 is 9.90 Å². The Morgan fingerprint density at radius 2 is 2.00 bits per heavy atom. The van der Waals surface area contributed by atoms with E-state index < -0.39 is 0 Å². The summed E-state index contributed by atoms with van der Waals surface area (Å²) in [7, 11) is 0. The van der Waals surface area contributed by atoms with Crippen LogP contribution in [0, 0.1) is 12.3 Å². The van der Waals surface area contributed by atoms with Crippen LogP contribution in [0.15, 0.2) is 18.2 Å². The Balaban J connectivity index is 2.77. The van der Waals surface area contributed by atoms with Gasteiger partial charge >= 0.3 is 0 Å². The minimum absolute atomic E-state index is 0.0250. The summed E-state index contributed by atoms with van der Waals surface area (Å²) in [4.78, 5) is 11.8. The maximum atomic E-state index is 11.8. The molecule has 0 radical (unpaired) electrons. The first-order valence-electron chi connectivity index (χ1n) is 5.37. The van der Waals surface area contributed by atoms with Gasteiger partial charge in [0.2, 0.25) is 0 Å². The molecule has 0 aliphatic rings. The maximum Gasteiger partial charge on any atom is 0.255 e. The molecule has 1 aromatic rings. The molecule has 1 aromatic carbocycles. The van der Waals surface area contributed by atoms with Gasteiger partial charge in [0.05, 0.1) is 5.56 Å². The highest BCUT2D eigenvalue weighted by atomic mass is 16.3. The predicted octanol–water partition coefficient (Wildman–Crippen LogP) is 2.48. The van der Waals surface area contributed by atoms with E-state index in [-0.39, 0.29) is 17.1 Å². The Morgan fingerprint density at radius 1 is 1.38 bits per heavy atom. The number of phenols is 1. The van der Waals surface area contributed by atoms with Gasteiger partial charge in [-0.1, -0.05) is 32.4 Å². The highest BCUT2D eigenvalue weighted by Crippen LogP contribution is 2.18. The van der Waals surface area contributed by atoms with Gasteiger partial charge < -0.3 is 10.4 Å². The highest BCUT2D eigenvalue weighted by molar-refractivity contribution is 5.96. The molecular weight excluding hydrogens is 202 g/mol. The Hall–Kier alpha value is -1.51. The molecule has 0 saturated carbocycles. The quantitative estimate of drug-likeness (QED) is 0.806. The van der Waals surface area contributed by atoms with E-state index in [1.807, 2.05) is 27.7 Å². The normalized spacial score (nSPS) is 11.2. The molecule has 0 unspecified atom stereocenters. The van der Waals surface area contributed by atoms with E-state index in [9.17, 15) is 9.90 Å². The lowest BCUT2D eigenvalue weighted by atomic mass is 9.97. The van der Waals surface area contributed by atoms with Gasteiger partial charge in [0.1, 0.15) is 5.75 Å². The van der Waals surface area contributed by atoms with E-state index in [1.54, 1.807) is 18.2 Å². The second-order valence-electron chi connectivity index (χ2n) is 5.26. The summed E-state index contributed by atoms with van der Waals surface area (Å²) in [6, 6.07) is 5.00. The molecule has 0 fully saturated rings. The summed E-state index contributed by atoms with van der Waals surface area (Å²) in [5.74, 6) is -0.201. The summed E-state index contributed by atoms with van der Waals surface area (Å²) >= 11 is 0. The van der Waals surface area contributed by atoms with Crippen LogP contribution >= 0.6 is 0 Å². The molecule has 0 bridgehead atoms.